The molecule has 108 valence electrons. The van der Waals surface area contributed by atoms with Crippen LogP contribution in [0.5, 0.6) is 0 Å². The van der Waals surface area contributed by atoms with Gasteiger partial charge < -0.3 is 5.32 Å². The molecule has 0 atom stereocenters. The highest BCUT2D eigenvalue weighted by atomic mass is 19.1. The van der Waals surface area contributed by atoms with Crippen molar-refractivity contribution in [2.45, 2.75) is 33.9 Å². The number of aromatic nitrogens is 2. The van der Waals surface area contributed by atoms with Crippen LogP contribution in [0.3, 0.4) is 0 Å². The maximum Gasteiger partial charge on any atom is 0.123 e. The summed E-state index contributed by atoms with van der Waals surface area (Å²) in [7, 11) is 0. The summed E-state index contributed by atoms with van der Waals surface area (Å²) in [6, 6.07) is 4.87. The molecule has 0 spiro atoms. The van der Waals surface area contributed by atoms with Crippen LogP contribution >= 0.6 is 0 Å². The van der Waals surface area contributed by atoms with Crippen molar-refractivity contribution in [3.05, 3.63) is 53.1 Å². The molecule has 0 aliphatic rings. The lowest BCUT2D eigenvalue weighted by atomic mass is 10.1. The van der Waals surface area contributed by atoms with E-state index in [0.717, 1.165) is 29.8 Å². The molecule has 0 amide bonds. The zero-order valence-corrected chi connectivity index (χ0v) is 12.4. The van der Waals surface area contributed by atoms with Gasteiger partial charge in [-0.15, -0.1) is 0 Å². The third kappa shape index (κ3) is 4.17. The molecule has 3 nitrogen and oxygen atoms in total. The highest BCUT2D eigenvalue weighted by Crippen LogP contribution is 2.12. The fourth-order valence-corrected chi connectivity index (χ4v) is 2.07. The zero-order valence-electron chi connectivity index (χ0n) is 12.4. The Morgan fingerprint density at radius 1 is 1.35 bits per heavy atom. The van der Waals surface area contributed by atoms with E-state index in [4.69, 9.17) is 0 Å². The Balaban J connectivity index is 1.97. The monoisotopic (exact) mass is 275 g/mol. The van der Waals surface area contributed by atoms with Crippen LogP contribution in [-0.2, 0) is 13.1 Å². The molecule has 0 radical (unpaired) electrons. The Labute approximate surface area is 119 Å². The average molecular weight is 275 g/mol. The lowest BCUT2D eigenvalue weighted by Gasteiger charge is -2.06. The summed E-state index contributed by atoms with van der Waals surface area (Å²) in [5.74, 6) is 0.441. The summed E-state index contributed by atoms with van der Waals surface area (Å²) < 4.78 is 15.1. The molecule has 0 aliphatic heterocycles. The molecule has 1 heterocycles. The van der Waals surface area contributed by atoms with Gasteiger partial charge in [0.15, 0.2) is 0 Å². The third-order valence-corrected chi connectivity index (χ3v) is 3.21. The number of halogens is 1. The van der Waals surface area contributed by atoms with Gasteiger partial charge in [-0.2, -0.15) is 5.10 Å². The van der Waals surface area contributed by atoms with E-state index in [-0.39, 0.29) is 5.82 Å². The minimum Gasteiger partial charge on any atom is -0.312 e. The third-order valence-electron chi connectivity index (χ3n) is 3.21. The Hall–Kier alpha value is -1.68. The van der Waals surface area contributed by atoms with E-state index < -0.39 is 0 Å². The fraction of sp³-hybridized carbons (Fsp3) is 0.438. The van der Waals surface area contributed by atoms with Gasteiger partial charge in [0.1, 0.15) is 5.82 Å². The smallest absolute Gasteiger partial charge is 0.123 e. The molecule has 1 aromatic carbocycles. The molecule has 2 aromatic rings. The summed E-state index contributed by atoms with van der Waals surface area (Å²) in [6.07, 6.45) is 3.87. The quantitative estimate of drug-likeness (QED) is 0.878. The Kier molecular flexibility index (Phi) is 4.90. The molecule has 0 saturated carbocycles. The maximum atomic E-state index is 13.3. The van der Waals surface area contributed by atoms with Crippen LogP contribution in [0.4, 0.5) is 4.39 Å². The van der Waals surface area contributed by atoms with Gasteiger partial charge in [0, 0.05) is 18.3 Å². The summed E-state index contributed by atoms with van der Waals surface area (Å²) in [6.45, 7) is 8.78. The standard InChI is InChI=1S/C16H22FN3/c1-12(2)7-18-8-14-9-19-20(10-14)11-15-6-16(17)5-4-13(15)3/h4-6,9-10,12,18H,7-8,11H2,1-3H3. The van der Waals surface area contributed by atoms with Crippen LogP contribution in [0, 0.1) is 18.7 Å². The van der Waals surface area contributed by atoms with Crippen LogP contribution < -0.4 is 5.32 Å². The number of hydrogen-bond acceptors (Lipinski definition) is 2. The second kappa shape index (κ2) is 6.66. The Bertz CT molecular complexity index is 561. The molecular weight excluding hydrogens is 253 g/mol. The normalized spacial score (nSPS) is 11.2. The molecule has 20 heavy (non-hydrogen) atoms. The second-order valence-electron chi connectivity index (χ2n) is 5.64. The molecule has 0 unspecified atom stereocenters. The summed E-state index contributed by atoms with van der Waals surface area (Å²) in [5.41, 5.74) is 3.20. The molecule has 1 aromatic heterocycles. The van der Waals surface area contributed by atoms with Crippen LogP contribution in [0.25, 0.3) is 0 Å². The van der Waals surface area contributed by atoms with Gasteiger partial charge in [-0.05, 0) is 42.6 Å². The van der Waals surface area contributed by atoms with Crippen LogP contribution in [-0.4, -0.2) is 16.3 Å². The number of nitrogens with zero attached hydrogens (tertiary/aromatic N) is 2. The van der Waals surface area contributed by atoms with Crippen molar-refractivity contribution in [2.24, 2.45) is 5.92 Å². The topological polar surface area (TPSA) is 29.9 Å². The van der Waals surface area contributed by atoms with Gasteiger partial charge in [0.05, 0.1) is 12.7 Å². The average Bonchev–Trinajstić information content (AvgIpc) is 2.81. The number of aryl methyl sites for hydroxylation is 1. The van der Waals surface area contributed by atoms with Crippen molar-refractivity contribution in [3.63, 3.8) is 0 Å². The van der Waals surface area contributed by atoms with Gasteiger partial charge in [0.2, 0.25) is 0 Å². The largest absolute Gasteiger partial charge is 0.312 e. The highest BCUT2D eigenvalue weighted by molar-refractivity contribution is 5.26. The van der Waals surface area contributed by atoms with E-state index in [1.807, 2.05) is 24.0 Å². The summed E-state index contributed by atoms with van der Waals surface area (Å²) in [5, 5.41) is 7.72. The van der Waals surface area contributed by atoms with E-state index in [9.17, 15) is 4.39 Å². The van der Waals surface area contributed by atoms with E-state index in [1.54, 1.807) is 12.1 Å². The first-order chi connectivity index (χ1) is 9.54. The van der Waals surface area contributed by atoms with Gasteiger partial charge in [-0.3, -0.25) is 4.68 Å². The minimum atomic E-state index is -0.198. The van der Waals surface area contributed by atoms with E-state index >= 15 is 0 Å². The Morgan fingerprint density at radius 3 is 2.90 bits per heavy atom. The molecule has 0 bridgehead atoms. The molecule has 4 heteroatoms. The van der Waals surface area contributed by atoms with Crippen molar-refractivity contribution >= 4 is 0 Å². The summed E-state index contributed by atoms with van der Waals surface area (Å²) >= 11 is 0. The van der Waals surface area contributed by atoms with Crippen molar-refractivity contribution < 1.29 is 4.39 Å². The van der Waals surface area contributed by atoms with E-state index in [0.29, 0.717) is 12.5 Å². The highest BCUT2D eigenvalue weighted by Gasteiger charge is 2.04. The molecule has 0 saturated heterocycles. The van der Waals surface area contributed by atoms with Crippen molar-refractivity contribution in [2.75, 3.05) is 6.54 Å². The molecule has 0 aliphatic carbocycles. The predicted octanol–water partition coefficient (Wildman–Crippen LogP) is 3.12. The van der Waals surface area contributed by atoms with Crippen LogP contribution in [0.15, 0.2) is 30.6 Å². The van der Waals surface area contributed by atoms with Crippen molar-refractivity contribution in [1.29, 1.82) is 0 Å². The maximum absolute atomic E-state index is 13.3. The Morgan fingerprint density at radius 2 is 2.15 bits per heavy atom. The van der Waals surface area contributed by atoms with Crippen LogP contribution in [0.2, 0.25) is 0 Å². The van der Waals surface area contributed by atoms with Crippen molar-refractivity contribution in [1.82, 2.24) is 15.1 Å². The van der Waals surface area contributed by atoms with Crippen LogP contribution in [0.1, 0.15) is 30.5 Å². The lowest BCUT2D eigenvalue weighted by Crippen LogP contribution is -2.18. The van der Waals surface area contributed by atoms with Gasteiger partial charge >= 0.3 is 0 Å². The second-order valence-corrected chi connectivity index (χ2v) is 5.64. The van der Waals surface area contributed by atoms with E-state index in [1.165, 1.54) is 6.07 Å². The molecular formula is C16H22FN3. The molecule has 1 N–H and O–H groups in total. The molecule has 2 rings (SSSR count). The number of hydrogen-bond donors (Lipinski definition) is 1. The SMILES string of the molecule is Cc1ccc(F)cc1Cn1cc(CNCC(C)C)cn1. The van der Waals surface area contributed by atoms with Gasteiger partial charge in [-0.1, -0.05) is 19.9 Å². The van der Waals surface area contributed by atoms with Gasteiger partial charge in [-0.25, -0.2) is 4.39 Å². The first-order valence-electron chi connectivity index (χ1n) is 7.01. The number of benzene rings is 1. The number of nitrogens with one attached hydrogen (secondary N) is 1. The minimum absolute atomic E-state index is 0.198. The lowest BCUT2D eigenvalue weighted by molar-refractivity contribution is 0.552. The van der Waals surface area contributed by atoms with E-state index in [2.05, 4.69) is 24.3 Å². The first kappa shape index (κ1) is 14.7. The first-order valence-corrected chi connectivity index (χ1v) is 7.01. The van der Waals surface area contributed by atoms with Crippen molar-refractivity contribution in [3.8, 4) is 0 Å². The zero-order chi connectivity index (χ0) is 14.5. The summed E-state index contributed by atoms with van der Waals surface area (Å²) in [4.78, 5) is 0. The molecule has 0 fully saturated rings. The number of rotatable bonds is 6. The predicted molar refractivity (Wildman–Crippen MR) is 79.0 cm³/mol. The van der Waals surface area contributed by atoms with Gasteiger partial charge in [0.25, 0.3) is 0 Å². The fourth-order valence-electron chi connectivity index (χ4n) is 2.07.